The first kappa shape index (κ1) is 11.0. The second-order valence-electron chi connectivity index (χ2n) is 3.51. The van der Waals surface area contributed by atoms with Crippen LogP contribution in [0.3, 0.4) is 0 Å². The van der Waals surface area contributed by atoms with Crippen LogP contribution in [0.1, 0.15) is 6.23 Å². The Kier molecular flexibility index (Phi) is 2.64. The molecule has 8 heteroatoms. The SMILES string of the molecule is Nc1ccn([C@@H]2O[C@H](N)[C@@H](O)[C@H]2O)c(=O)n1. The first-order valence-corrected chi connectivity index (χ1v) is 4.62. The number of aromatic nitrogens is 2. The van der Waals surface area contributed by atoms with E-state index in [9.17, 15) is 15.0 Å². The van der Waals surface area contributed by atoms with Crippen LogP contribution in [0.2, 0.25) is 0 Å². The molecule has 0 aromatic carbocycles. The van der Waals surface area contributed by atoms with Crippen LogP contribution in [0.4, 0.5) is 5.82 Å². The molecule has 1 aliphatic rings. The summed E-state index contributed by atoms with van der Waals surface area (Å²) in [6.45, 7) is 0. The highest BCUT2D eigenvalue weighted by atomic mass is 16.6. The van der Waals surface area contributed by atoms with E-state index in [-0.39, 0.29) is 5.82 Å². The van der Waals surface area contributed by atoms with Crippen LogP contribution in [0, 0.1) is 0 Å². The standard InChI is InChI=1S/C8H12N4O4/c9-3-1-2-12(8(15)11-3)7-5(14)4(13)6(10)16-7/h1-2,4-7,13-14H,10H2,(H2,9,11,15)/t4-,5+,6-,7+/m0/s1. The summed E-state index contributed by atoms with van der Waals surface area (Å²) in [7, 11) is 0. The maximum absolute atomic E-state index is 11.4. The third kappa shape index (κ3) is 1.67. The zero-order valence-corrected chi connectivity index (χ0v) is 8.22. The van der Waals surface area contributed by atoms with Gasteiger partial charge in [0.1, 0.15) is 24.3 Å². The summed E-state index contributed by atoms with van der Waals surface area (Å²) in [6, 6.07) is 1.38. The Morgan fingerprint density at radius 1 is 1.44 bits per heavy atom. The molecule has 1 aromatic rings. The van der Waals surface area contributed by atoms with Gasteiger partial charge in [-0.3, -0.25) is 4.57 Å². The van der Waals surface area contributed by atoms with Crippen LogP contribution in [-0.4, -0.2) is 38.2 Å². The van der Waals surface area contributed by atoms with Gasteiger partial charge in [-0.2, -0.15) is 4.98 Å². The molecule has 0 radical (unpaired) electrons. The lowest BCUT2D eigenvalue weighted by Crippen LogP contribution is -2.37. The maximum atomic E-state index is 11.4. The Bertz CT molecular complexity index is 448. The third-order valence-corrected chi connectivity index (χ3v) is 2.40. The van der Waals surface area contributed by atoms with Crippen molar-refractivity contribution in [2.45, 2.75) is 24.7 Å². The molecule has 1 fully saturated rings. The van der Waals surface area contributed by atoms with Gasteiger partial charge >= 0.3 is 5.69 Å². The predicted octanol–water partition coefficient (Wildman–Crippen LogP) is -2.64. The molecule has 0 amide bonds. The van der Waals surface area contributed by atoms with Gasteiger partial charge in [-0.25, -0.2) is 4.79 Å². The van der Waals surface area contributed by atoms with E-state index in [0.717, 1.165) is 4.57 Å². The van der Waals surface area contributed by atoms with Gasteiger partial charge in [0.2, 0.25) is 0 Å². The number of hydrogen-bond acceptors (Lipinski definition) is 7. The summed E-state index contributed by atoms with van der Waals surface area (Å²) < 4.78 is 6.08. The van der Waals surface area contributed by atoms with Gasteiger partial charge in [-0.05, 0) is 6.07 Å². The Hall–Kier alpha value is -1.48. The molecule has 2 heterocycles. The van der Waals surface area contributed by atoms with Crippen molar-refractivity contribution in [3.05, 3.63) is 22.7 Å². The monoisotopic (exact) mass is 228 g/mol. The van der Waals surface area contributed by atoms with Gasteiger partial charge in [-0.15, -0.1) is 0 Å². The highest BCUT2D eigenvalue weighted by Crippen LogP contribution is 2.25. The van der Waals surface area contributed by atoms with Crippen molar-refractivity contribution < 1.29 is 14.9 Å². The van der Waals surface area contributed by atoms with Crippen LogP contribution < -0.4 is 17.2 Å². The molecular weight excluding hydrogens is 216 g/mol. The molecule has 0 aliphatic carbocycles. The molecule has 6 N–H and O–H groups in total. The quantitative estimate of drug-likeness (QED) is 0.412. The van der Waals surface area contributed by atoms with Gasteiger partial charge in [0.15, 0.2) is 6.23 Å². The fourth-order valence-electron chi connectivity index (χ4n) is 1.53. The highest BCUT2D eigenvalue weighted by Gasteiger charge is 2.42. The molecule has 2 rings (SSSR count). The summed E-state index contributed by atoms with van der Waals surface area (Å²) in [5, 5.41) is 19.0. The van der Waals surface area contributed by atoms with Crippen LogP contribution >= 0.6 is 0 Å². The van der Waals surface area contributed by atoms with Crippen LogP contribution in [0.15, 0.2) is 17.1 Å². The fourth-order valence-corrected chi connectivity index (χ4v) is 1.53. The highest BCUT2D eigenvalue weighted by molar-refractivity contribution is 5.23. The molecule has 0 unspecified atom stereocenters. The second-order valence-corrected chi connectivity index (χ2v) is 3.51. The van der Waals surface area contributed by atoms with Crippen molar-refractivity contribution in [1.29, 1.82) is 0 Å². The van der Waals surface area contributed by atoms with Gasteiger partial charge in [0.05, 0.1) is 0 Å². The summed E-state index contributed by atoms with van der Waals surface area (Å²) in [5.74, 6) is 0.0681. The lowest BCUT2D eigenvalue weighted by Gasteiger charge is -2.16. The van der Waals surface area contributed by atoms with Crippen LogP contribution in [0.25, 0.3) is 0 Å². The molecule has 1 aromatic heterocycles. The van der Waals surface area contributed by atoms with Crippen molar-refractivity contribution in [3.8, 4) is 0 Å². The van der Waals surface area contributed by atoms with Crippen molar-refractivity contribution >= 4 is 5.82 Å². The number of nitrogen functional groups attached to an aromatic ring is 1. The summed E-state index contributed by atoms with van der Waals surface area (Å²) in [5.41, 5.74) is 10.0. The smallest absolute Gasteiger partial charge is 0.351 e. The first-order valence-electron chi connectivity index (χ1n) is 4.62. The number of nitrogens with two attached hydrogens (primary N) is 2. The van der Waals surface area contributed by atoms with E-state index in [1.165, 1.54) is 12.3 Å². The topological polar surface area (TPSA) is 137 Å². The molecule has 0 spiro atoms. The Morgan fingerprint density at radius 3 is 2.62 bits per heavy atom. The summed E-state index contributed by atoms with van der Waals surface area (Å²) in [6.07, 6.45) is -3.29. The van der Waals surface area contributed by atoms with Gasteiger partial charge in [0.25, 0.3) is 0 Å². The molecular formula is C8H12N4O4. The number of ether oxygens (including phenoxy) is 1. The summed E-state index contributed by atoms with van der Waals surface area (Å²) in [4.78, 5) is 14.9. The third-order valence-electron chi connectivity index (χ3n) is 2.40. The number of nitrogens with zero attached hydrogens (tertiary/aromatic N) is 2. The number of aliphatic hydroxyl groups is 2. The number of rotatable bonds is 1. The minimum Gasteiger partial charge on any atom is -0.386 e. The average molecular weight is 228 g/mol. The maximum Gasteiger partial charge on any atom is 0.351 e. The molecule has 1 saturated heterocycles. The van der Waals surface area contributed by atoms with Gasteiger partial charge in [-0.1, -0.05) is 0 Å². The van der Waals surface area contributed by atoms with Crippen molar-refractivity contribution in [3.63, 3.8) is 0 Å². The van der Waals surface area contributed by atoms with E-state index in [1.54, 1.807) is 0 Å². The minimum atomic E-state index is -1.28. The zero-order valence-electron chi connectivity index (χ0n) is 8.22. The molecule has 0 saturated carbocycles. The summed E-state index contributed by atoms with van der Waals surface area (Å²) >= 11 is 0. The van der Waals surface area contributed by atoms with E-state index in [1.807, 2.05) is 0 Å². The Balaban J connectivity index is 2.35. The van der Waals surface area contributed by atoms with Crippen molar-refractivity contribution in [2.24, 2.45) is 5.73 Å². The molecule has 1 aliphatic heterocycles. The van der Waals surface area contributed by atoms with E-state index >= 15 is 0 Å². The lowest BCUT2D eigenvalue weighted by atomic mass is 10.2. The van der Waals surface area contributed by atoms with E-state index in [4.69, 9.17) is 16.2 Å². The number of hydrogen-bond donors (Lipinski definition) is 4. The molecule has 88 valence electrons. The average Bonchev–Trinajstić information content (AvgIpc) is 2.46. The molecule has 0 bridgehead atoms. The normalized spacial score (nSPS) is 34.2. The lowest BCUT2D eigenvalue weighted by molar-refractivity contribution is -0.0379. The molecule has 4 atom stereocenters. The van der Waals surface area contributed by atoms with Crippen LogP contribution in [0.5, 0.6) is 0 Å². The van der Waals surface area contributed by atoms with Gasteiger partial charge in [0, 0.05) is 6.20 Å². The predicted molar refractivity (Wildman–Crippen MR) is 53.0 cm³/mol. The van der Waals surface area contributed by atoms with Crippen molar-refractivity contribution in [2.75, 3.05) is 5.73 Å². The van der Waals surface area contributed by atoms with Gasteiger partial charge < -0.3 is 26.4 Å². The minimum absolute atomic E-state index is 0.0681. The fraction of sp³-hybridized carbons (Fsp3) is 0.500. The second kappa shape index (κ2) is 3.83. The van der Waals surface area contributed by atoms with Crippen molar-refractivity contribution in [1.82, 2.24) is 9.55 Å². The first-order chi connectivity index (χ1) is 7.50. The largest absolute Gasteiger partial charge is 0.386 e. The van der Waals surface area contributed by atoms with E-state index in [0.29, 0.717) is 0 Å². The van der Waals surface area contributed by atoms with Crippen LogP contribution in [-0.2, 0) is 4.74 Å². The zero-order chi connectivity index (χ0) is 11.9. The Morgan fingerprint density at radius 2 is 2.12 bits per heavy atom. The van der Waals surface area contributed by atoms with E-state index in [2.05, 4.69) is 4.98 Å². The van der Waals surface area contributed by atoms with E-state index < -0.39 is 30.4 Å². The molecule has 16 heavy (non-hydrogen) atoms. The number of aliphatic hydroxyl groups excluding tert-OH is 2. The molecule has 8 nitrogen and oxygen atoms in total. The Labute approximate surface area is 90.1 Å². The number of anilines is 1.